The Morgan fingerprint density at radius 2 is 1.69 bits per heavy atom. The first-order chi connectivity index (χ1) is 6.88. The Morgan fingerprint density at radius 3 is 2.06 bits per heavy atom. The molecular formula is C9H11BF3KN2. The summed E-state index contributed by atoms with van der Waals surface area (Å²) in [5.74, 6) is 1.04. The Balaban J connectivity index is 0.00000225. The first-order valence-corrected chi connectivity index (χ1v) is 4.59. The van der Waals surface area contributed by atoms with Crippen molar-refractivity contribution in [2.45, 2.75) is 19.8 Å². The number of rotatable bonds is 3. The molecule has 1 aromatic heterocycles. The molecule has 1 aromatic rings. The Hall–Kier alpha value is 0.311. The quantitative estimate of drug-likeness (QED) is 0.710. The van der Waals surface area contributed by atoms with E-state index in [0.29, 0.717) is 11.4 Å². The van der Waals surface area contributed by atoms with Gasteiger partial charge in [-0.2, -0.15) is 0 Å². The van der Waals surface area contributed by atoms with Gasteiger partial charge in [0, 0.05) is 23.9 Å². The summed E-state index contributed by atoms with van der Waals surface area (Å²) in [6.07, 6.45) is 3.76. The molecule has 0 fully saturated rings. The van der Waals surface area contributed by atoms with E-state index in [-0.39, 0.29) is 63.3 Å². The van der Waals surface area contributed by atoms with Gasteiger partial charge in [-0.15, -0.1) is 5.98 Å². The second-order valence-electron chi connectivity index (χ2n) is 3.51. The van der Waals surface area contributed by atoms with Gasteiger partial charge in [-0.1, -0.05) is 19.9 Å². The van der Waals surface area contributed by atoms with Crippen LogP contribution in [0.3, 0.4) is 0 Å². The minimum atomic E-state index is -4.89. The smallest absolute Gasteiger partial charge is 0.445 e. The standard InChI is InChI=1S/C9H11BF3N2.K/c1-7(2)9-14-5-8(6-15-9)3-4-10(11,12)13;/h3-7H,1-2H3;/q-1;+1/b4-3+;. The summed E-state index contributed by atoms with van der Waals surface area (Å²) < 4.78 is 35.7. The fraction of sp³-hybridized carbons (Fsp3) is 0.333. The van der Waals surface area contributed by atoms with E-state index in [4.69, 9.17) is 0 Å². The number of nitrogens with zero attached hydrogens (tertiary/aromatic N) is 2. The zero-order chi connectivity index (χ0) is 11.5. The summed E-state index contributed by atoms with van der Waals surface area (Å²) in [5, 5.41) is 0. The molecule has 0 N–H and O–H groups in total. The molecule has 0 saturated heterocycles. The SMILES string of the molecule is CC(C)c1ncc(/C=C/[B-](F)(F)F)cn1.[K+]. The van der Waals surface area contributed by atoms with Crippen LogP contribution in [0.2, 0.25) is 0 Å². The van der Waals surface area contributed by atoms with Crippen molar-refractivity contribution in [3.63, 3.8) is 0 Å². The van der Waals surface area contributed by atoms with E-state index < -0.39 is 6.98 Å². The van der Waals surface area contributed by atoms with Crippen LogP contribution in [0, 0.1) is 0 Å². The molecule has 0 aromatic carbocycles. The minimum absolute atomic E-state index is 0. The van der Waals surface area contributed by atoms with E-state index in [9.17, 15) is 12.9 Å². The zero-order valence-electron chi connectivity index (χ0n) is 9.49. The van der Waals surface area contributed by atoms with Crippen molar-refractivity contribution < 1.29 is 64.3 Å². The van der Waals surface area contributed by atoms with Crippen molar-refractivity contribution >= 4 is 13.1 Å². The van der Waals surface area contributed by atoms with Gasteiger partial charge in [0.2, 0.25) is 0 Å². The third-order valence-corrected chi connectivity index (χ3v) is 1.72. The van der Waals surface area contributed by atoms with E-state index in [2.05, 4.69) is 9.97 Å². The van der Waals surface area contributed by atoms with E-state index in [1.54, 1.807) is 0 Å². The van der Waals surface area contributed by atoms with Gasteiger partial charge in [-0.05, 0) is 0 Å². The Morgan fingerprint density at radius 1 is 1.19 bits per heavy atom. The summed E-state index contributed by atoms with van der Waals surface area (Å²) in [7, 11) is 0. The summed E-state index contributed by atoms with van der Waals surface area (Å²) in [6, 6.07) is 0. The van der Waals surface area contributed by atoms with Crippen LogP contribution in [0.1, 0.15) is 31.2 Å². The number of halogens is 3. The van der Waals surface area contributed by atoms with Crippen molar-refractivity contribution in [3.05, 3.63) is 29.8 Å². The van der Waals surface area contributed by atoms with Gasteiger partial charge in [-0.25, -0.2) is 9.97 Å². The monoisotopic (exact) mass is 254 g/mol. The van der Waals surface area contributed by atoms with Crippen LogP contribution in [0.5, 0.6) is 0 Å². The normalized spacial score (nSPS) is 11.9. The molecule has 1 rings (SSSR count). The maximum atomic E-state index is 11.9. The molecular weight excluding hydrogens is 243 g/mol. The van der Waals surface area contributed by atoms with Crippen molar-refractivity contribution in [2.24, 2.45) is 0 Å². The van der Waals surface area contributed by atoms with E-state index in [1.165, 1.54) is 12.4 Å². The number of hydrogen-bond acceptors (Lipinski definition) is 2. The van der Waals surface area contributed by atoms with E-state index in [1.807, 2.05) is 13.8 Å². The average molecular weight is 254 g/mol. The topological polar surface area (TPSA) is 25.8 Å². The molecule has 0 spiro atoms. The predicted octanol–water partition coefficient (Wildman–Crippen LogP) is 0.00380. The average Bonchev–Trinajstić information content (AvgIpc) is 2.14. The molecule has 7 heteroatoms. The van der Waals surface area contributed by atoms with Gasteiger partial charge in [-0.3, -0.25) is 0 Å². The first kappa shape index (κ1) is 16.3. The molecule has 0 aliphatic heterocycles. The van der Waals surface area contributed by atoms with Gasteiger partial charge in [0.25, 0.3) is 0 Å². The fourth-order valence-electron chi connectivity index (χ4n) is 0.952. The summed E-state index contributed by atoms with van der Waals surface area (Å²) in [4.78, 5) is 7.91. The molecule has 0 aliphatic rings. The molecule has 0 saturated carbocycles. The first-order valence-electron chi connectivity index (χ1n) is 4.59. The number of hydrogen-bond donors (Lipinski definition) is 0. The molecule has 0 bridgehead atoms. The maximum absolute atomic E-state index is 11.9. The van der Waals surface area contributed by atoms with Crippen LogP contribution in [0.15, 0.2) is 18.4 Å². The molecule has 0 aliphatic carbocycles. The predicted molar refractivity (Wildman–Crippen MR) is 54.2 cm³/mol. The Labute approximate surface area is 135 Å². The van der Waals surface area contributed by atoms with E-state index >= 15 is 0 Å². The van der Waals surface area contributed by atoms with Crippen LogP contribution in [0.4, 0.5) is 12.9 Å². The number of aromatic nitrogens is 2. The van der Waals surface area contributed by atoms with Gasteiger partial charge in [0.15, 0.2) is 0 Å². The van der Waals surface area contributed by atoms with E-state index in [0.717, 1.165) is 6.08 Å². The van der Waals surface area contributed by atoms with Crippen molar-refractivity contribution in [1.29, 1.82) is 0 Å². The minimum Gasteiger partial charge on any atom is -0.445 e. The fourth-order valence-corrected chi connectivity index (χ4v) is 0.952. The van der Waals surface area contributed by atoms with Crippen LogP contribution in [0.25, 0.3) is 6.08 Å². The second-order valence-corrected chi connectivity index (χ2v) is 3.51. The molecule has 16 heavy (non-hydrogen) atoms. The molecule has 0 amide bonds. The summed E-state index contributed by atoms with van der Waals surface area (Å²) in [6.45, 7) is -1.05. The summed E-state index contributed by atoms with van der Waals surface area (Å²) in [5.41, 5.74) is 0.360. The van der Waals surface area contributed by atoms with Crippen molar-refractivity contribution in [1.82, 2.24) is 9.97 Å². The molecule has 2 nitrogen and oxygen atoms in total. The largest absolute Gasteiger partial charge is 1.00 e. The molecule has 0 unspecified atom stereocenters. The van der Waals surface area contributed by atoms with Crippen LogP contribution >= 0.6 is 0 Å². The van der Waals surface area contributed by atoms with Gasteiger partial charge in [0.1, 0.15) is 5.82 Å². The second kappa shape index (κ2) is 6.90. The van der Waals surface area contributed by atoms with Gasteiger partial charge in [0.05, 0.1) is 0 Å². The van der Waals surface area contributed by atoms with Crippen molar-refractivity contribution in [3.8, 4) is 0 Å². The Bertz CT molecular complexity index is 349. The third-order valence-electron chi connectivity index (χ3n) is 1.72. The van der Waals surface area contributed by atoms with Crippen LogP contribution in [-0.2, 0) is 0 Å². The maximum Gasteiger partial charge on any atom is 1.00 e. The Kier molecular flexibility index (Phi) is 7.04. The zero-order valence-corrected chi connectivity index (χ0v) is 12.6. The third kappa shape index (κ3) is 6.15. The van der Waals surface area contributed by atoms with Gasteiger partial charge < -0.3 is 12.9 Å². The van der Waals surface area contributed by atoms with Gasteiger partial charge >= 0.3 is 58.4 Å². The van der Waals surface area contributed by atoms with Crippen LogP contribution in [-0.4, -0.2) is 16.9 Å². The van der Waals surface area contributed by atoms with Crippen LogP contribution < -0.4 is 51.4 Å². The summed E-state index contributed by atoms with van der Waals surface area (Å²) >= 11 is 0. The molecule has 1 heterocycles. The molecule has 82 valence electrons. The molecule has 0 atom stereocenters. The van der Waals surface area contributed by atoms with Crippen molar-refractivity contribution in [2.75, 3.05) is 0 Å². The molecule has 0 radical (unpaired) electrons.